The maximum atomic E-state index is 12.1. The highest BCUT2D eigenvalue weighted by molar-refractivity contribution is 5.74. The van der Waals surface area contributed by atoms with E-state index in [1.807, 2.05) is 4.90 Å². The van der Waals surface area contributed by atoms with E-state index in [2.05, 4.69) is 5.32 Å². The predicted octanol–water partition coefficient (Wildman–Crippen LogP) is 1.20. The summed E-state index contributed by atoms with van der Waals surface area (Å²) in [6.07, 6.45) is 5.12. The van der Waals surface area contributed by atoms with Gasteiger partial charge in [-0.25, -0.2) is 4.79 Å². The van der Waals surface area contributed by atoms with E-state index in [0.717, 1.165) is 19.3 Å². The summed E-state index contributed by atoms with van der Waals surface area (Å²) in [4.78, 5) is 24.4. The summed E-state index contributed by atoms with van der Waals surface area (Å²) in [7, 11) is 0. The largest absolute Gasteiger partial charge is 0.481 e. The van der Waals surface area contributed by atoms with Crippen molar-refractivity contribution in [1.29, 1.82) is 0 Å². The van der Waals surface area contributed by atoms with Crippen LogP contribution in [0, 0.1) is 0 Å². The van der Waals surface area contributed by atoms with Crippen LogP contribution < -0.4 is 5.32 Å². The standard InChI is InChI=1S/C13H22N2O4/c16-12(17)6-3-7-14-13(18)15-8-9-19-11-5-2-1-4-10(11)15/h10-11H,1-9H2,(H,14,18)(H,16,17). The summed E-state index contributed by atoms with van der Waals surface area (Å²) < 4.78 is 5.72. The Bertz CT molecular complexity index is 333. The number of hydrogen-bond donors (Lipinski definition) is 2. The summed E-state index contributed by atoms with van der Waals surface area (Å²) in [5, 5.41) is 11.4. The van der Waals surface area contributed by atoms with Gasteiger partial charge in [-0.2, -0.15) is 0 Å². The fraction of sp³-hybridized carbons (Fsp3) is 0.846. The van der Waals surface area contributed by atoms with E-state index in [9.17, 15) is 9.59 Å². The van der Waals surface area contributed by atoms with Gasteiger partial charge in [-0.1, -0.05) is 12.8 Å². The number of ether oxygens (including phenoxy) is 1. The quantitative estimate of drug-likeness (QED) is 0.752. The van der Waals surface area contributed by atoms with Crippen molar-refractivity contribution in [3.63, 3.8) is 0 Å². The van der Waals surface area contributed by atoms with E-state index in [0.29, 0.717) is 26.1 Å². The van der Waals surface area contributed by atoms with Crippen LogP contribution in [0.3, 0.4) is 0 Å². The van der Waals surface area contributed by atoms with E-state index in [4.69, 9.17) is 9.84 Å². The molecule has 2 unspecified atom stereocenters. The van der Waals surface area contributed by atoms with E-state index in [-0.39, 0.29) is 24.6 Å². The Morgan fingerprint density at radius 2 is 2.11 bits per heavy atom. The first-order valence-electron chi connectivity index (χ1n) is 7.06. The van der Waals surface area contributed by atoms with Crippen molar-refractivity contribution in [3.05, 3.63) is 0 Å². The molecule has 2 N–H and O–H groups in total. The van der Waals surface area contributed by atoms with Gasteiger partial charge in [0.15, 0.2) is 0 Å². The molecule has 1 aliphatic carbocycles. The molecule has 0 aromatic heterocycles. The average molecular weight is 270 g/mol. The maximum absolute atomic E-state index is 12.1. The Morgan fingerprint density at radius 1 is 1.32 bits per heavy atom. The minimum absolute atomic E-state index is 0.0782. The highest BCUT2D eigenvalue weighted by Gasteiger charge is 2.36. The molecule has 2 atom stereocenters. The molecule has 1 heterocycles. The summed E-state index contributed by atoms with van der Waals surface area (Å²) in [6.45, 7) is 1.65. The van der Waals surface area contributed by atoms with Crippen LogP contribution in [0.1, 0.15) is 38.5 Å². The average Bonchev–Trinajstić information content (AvgIpc) is 2.42. The zero-order valence-electron chi connectivity index (χ0n) is 11.1. The van der Waals surface area contributed by atoms with Gasteiger partial charge >= 0.3 is 12.0 Å². The van der Waals surface area contributed by atoms with Crippen LogP contribution in [-0.4, -0.2) is 53.8 Å². The second-order valence-corrected chi connectivity index (χ2v) is 5.18. The number of aliphatic carboxylic acids is 1. The van der Waals surface area contributed by atoms with Crippen molar-refractivity contribution in [3.8, 4) is 0 Å². The van der Waals surface area contributed by atoms with Crippen LogP contribution in [0.25, 0.3) is 0 Å². The molecule has 2 fully saturated rings. The number of morpholine rings is 1. The number of carboxylic acids is 1. The van der Waals surface area contributed by atoms with Gasteiger partial charge in [-0.05, 0) is 19.3 Å². The maximum Gasteiger partial charge on any atom is 0.317 e. The number of carbonyl (C=O) groups is 2. The molecule has 0 spiro atoms. The number of carboxylic acid groups (broad SMARTS) is 1. The molecular formula is C13H22N2O4. The number of hydrogen-bond acceptors (Lipinski definition) is 3. The van der Waals surface area contributed by atoms with Crippen LogP contribution in [0.2, 0.25) is 0 Å². The molecule has 0 aromatic carbocycles. The molecule has 0 radical (unpaired) electrons. The lowest BCUT2D eigenvalue weighted by atomic mass is 9.90. The zero-order valence-corrected chi connectivity index (χ0v) is 11.1. The molecular weight excluding hydrogens is 248 g/mol. The van der Waals surface area contributed by atoms with Gasteiger partial charge in [0, 0.05) is 19.5 Å². The third-order valence-corrected chi connectivity index (χ3v) is 3.84. The van der Waals surface area contributed by atoms with Crippen molar-refractivity contribution in [2.45, 2.75) is 50.7 Å². The second-order valence-electron chi connectivity index (χ2n) is 5.18. The fourth-order valence-electron chi connectivity index (χ4n) is 2.89. The molecule has 19 heavy (non-hydrogen) atoms. The lowest BCUT2D eigenvalue weighted by Gasteiger charge is -2.43. The molecule has 6 heteroatoms. The molecule has 1 aliphatic heterocycles. The van der Waals surface area contributed by atoms with Crippen LogP contribution in [0.5, 0.6) is 0 Å². The molecule has 2 rings (SSSR count). The second kappa shape index (κ2) is 6.75. The first kappa shape index (κ1) is 14.1. The number of rotatable bonds is 4. The van der Waals surface area contributed by atoms with Gasteiger partial charge in [0.05, 0.1) is 18.8 Å². The Hall–Kier alpha value is -1.30. The molecule has 1 saturated carbocycles. The molecule has 0 bridgehead atoms. The van der Waals surface area contributed by atoms with Crippen molar-refractivity contribution in [2.75, 3.05) is 19.7 Å². The zero-order chi connectivity index (χ0) is 13.7. The van der Waals surface area contributed by atoms with Crippen LogP contribution >= 0.6 is 0 Å². The lowest BCUT2D eigenvalue weighted by Crippen LogP contribution is -2.57. The highest BCUT2D eigenvalue weighted by atomic mass is 16.5. The topological polar surface area (TPSA) is 78.9 Å². The van der Waals surface area contributed by atoms with Crippen molar-refractivity contribution in [2.24, 2.45) is 0 Å². The van der Waals surface area contributed by atoms with Crippen molar-refractivity contribution < 1.29 is 19.4 Å². The number of carbonyl (C=O) groups excluding carboxylic acids is 1. The van der Waals surface area contributed by atoms with Gasteiger partial charge in [0.2, 0.25) is 0 Å². The van der Waals surface area contributed by atoms with E-state index < -0.39 is 5.97 Å². The van der Waals surface area contributed by atoms with E-state index in [1.54, 1.807) is 0 Å². The predicted molar refractivity (Wildman–Crippen MR) is 69.0 cm³/mol. The molecule has 2 aliphatic rings. The minimum atomic E-state index is -0.826. The first-order valence-corrected chi connectivity index (χ1v) is 7.06. The molecule has 0 aromatic rings. The van der Waals surface area contributed by atoms with Gasteiger partial charge in [0.1, 0.15) is 0 Å². The smallest absolute Gasteiger partial charge is 0.317 e. The fourth-order valence-corrected chi connectivity index (χ4v) is 2.89. The number of fused-ring (bicyclic) bond motifs is 1. The number of amides is 2. The van der Waals surface area contributed by atoms with Gasteiger partial charge < -0.3 is 20.1 Å². The lowest BCUT2D eigenvalue weighted by molar-refractivity contribution is -0.137. The van der Waals surface area contributed by atoms with E-state index >= 15 is 0 Å². The Balaban J connectivity index is 1.78. The van der Waals surface area contributed by atoms with Gasteiger partial charge in [-0.3, -0.25) is 4.79 Å². The SMILES string of the molecule is O=C(O)CCCNC(=O)N1CCOC2CCCCC21. The van der Waals surface area contributed by atoms with Crippen LogP contribution in [0.15, 0.2) is 0 Å². The van der Waals surface area contributed by atoms with Gasteiger partial charge in [-0.15, -0.1) is 0 Å². The Kier molecular flexibility index (Phi) is 5.01. The first-order chi connectivity index (χ1) is 9.18. The molecule has 1 saturated heterocycles. The number of nitrogens with one attached hydrogen (secondary N) is 1. The molecule has 6 nitrogen and oxygen atoms in total. The van der Waals surface area contributed by atoms with Crippen molar-refractivity contribution >= 4 is 12.0 Å². The summed E-state index contributed by atoms with van der Waals surface area (Å²) >= 11 is 0. The Labute approximate surface area is 113 Å². The Morgan fingerprint density at radius 3 is 2.89 bits per heavy atom. The molecule has 2 amide bonds. The summed E-state index contributed by atoms with van der Waals surface area (Å²) in [5.41, 5.74) is 0. The third-order valence-electron chi connectivity index (χ3n) is 3.84. The minimum Gasteiger partial charge on any atom is -0.481 e. The molecule has 108 valence electrons. The van der Waals surface area contributed by atoms with E-state index in [1.165, 1.54) is 6.42 Å². The summed E-state index contributed by atoms with van der Waals surface area (Å²) in [5.74, 6) is -0.826. The van der Waals surface area contributed by atoms with Gasteiger partial charge in [0.25, 0.3) is 0 Å². The highest BCUT2D eigenvalue weighted by Crippen LogP contribution is 2.28. The van der Waals surface area contributed by atoms with Crippen LogP contribution in [0.4, 0.5) is 4.79 Å². The van der Waals surface area contributed by atoms with Crippen LogP contribution in [-0.2, 0) is 9.53 Å². The summed E-state index contributed by atoms with van der Waals surface area (Å²) in [6, 6.07) is 0.118. The third kappa shape index (κ3) is 3.83. The van der Waals surface area contributed by atoms with Crippen molar-refractivity contribution in [1.82, 2.24) is 10.2 Å². The normalized spacial score (nSPS) is 26.6. The monoisotopic (exact) mass is 270 g/mol. The number of nitrogens with zero attached hydrogens (tertiary/aromatic N) is 1. The number of urea groups is 1.